The van der Waals surface area contributed by atoms with Gasteiger partial charge in [-0.25, -0.2) is 0 Å². The maximum absolute atomic E-state index is 9.20. The van der Waals surface area contributed by atoms with Crippen molar-refractivity contribution in [1.82, 2.24) is 14.1 Å². The molecule has 0 bridgehead atoms. The first-order valence-corrected chi connectivity index (χ1v) is 23.3. The van der Waals surface area contributed by atoms with Gasteiger partial charge in [0.25, 0.3) is 0 Å². The van der Waals surface area contributed by atoms with Gasteiger partial charge in [-0.2, -0.15) is 12.1 Å². The van der Waals surface area contributed by atoms with Gasteiger partial charge in [-0.05, 0) is 11.6 Å². The fourth-order valence-electron chi connectivity index (χ4n) is 10.1. The molecule has 5 heterocycles. The molecule has 3 aliphatic rings. The zero-order valence-electron chi connectivity index (χ0n) is 43.5. The van der Waals surface area contributed by atoms with Crippen molar-refractivity contribution in [2.75, 3.05) is 9.62 Å². The summed E-state index contributed by atoms with van der Waals surface area (Å²) in [6.45, 7) is 3.50. The van der Waals surface area contributed by atoms with Crippen LogP contribution in [0.15, 0.2) is 182 Å². The van der Waals surface area contributed by atoms with E-state index in [2.05, 4.69) is 140 Å². The molecular weight excluding hydrogens is 1000 g/mol. The van der Waals surface area contributed by atoms with E-state index in [9.17, 15) is 1.37 Å². The van der Waals surface area contributed by atoms with Crippen molar-refractivity contribution in [2.45, 2.75) is 33.0 Å². The van der Waals surface area contributed by atoms with Crippen LogP contribution < -0.4 is 19.8 Å². The molecule has 8 heteroatoms. The summed E-state index contributed by atoms with van der Waals surface area (Å²) in [6.07, 6.45) is 0. The summed E-state index contributed by atoms with van der Waals surface area (Å²) in [5, 5.41) is 0. The van der Waals surface area contributed by atoms with Gasteiger partial charge in [0.1, 0.15) is 0 Å². The number of ether oxygens (including phenoxy) is 1. The molecule has 0 saturated heterocycles. The number of nitrogens with zero attached hydrogens (tertiary/aromatic N) is 5. The molecule has 0 spiro atoms. The number of rotatable bonds is 6. The van der Waals surface area contributed by atoms with Gasteiger partial charge >= 0.3 is 336 Å². The maximum atomic E-state index is 9.20. The van der Waals surface area contributed by atoms with Crippen LogP contribution in [0.5, 0.6) is 11.6 Å². The number of para-hydroxylation sites is 5. The van der Waals surface area contributed by atoms with Crippen molar-refractivity contribution < 1.29 is 33.7 Å². The van der Waals surface area contributed by atoms with Crippen molar-refractivity contribution >= 4 is 46.4 Å². The monoisotopic (exact) mass is 1050 g/mol. The van der Waals surface area contributed by atoms with Gasteiger partial charge in [0.05, 0.1) is 5.48 Å². The zero-order chi connectivity index (χ0) is 51.1. The number of anilines is 4. The van der Waals surface area contributed by atoms with Crippen LogP contribution in [-0.4, -0.2) is 21.1 Å². The number of pyridine rings is 1. The standard InChI is InChI=1S/C59H42BN5O.Pt/c1-38-28-33-42(62-37-63(51-25-11-10-24-50(51)62)57-43(39-16-6-5-7-17-39)19-14-20-44(57)40-29-31-41(32-30-40)59(2,3)4)36-54(38)66-55-35-34-48-47-22-15-21-46-45-18-8-9-23-49(45)64-52-26-12-13-27-53(52)65(58(48)61-55)60(64)56(46)47;/h5-26,28-35H,1-4H3;/q-2;/i1D3,8D,9D,18D,23D;. The Hall–Kier alpha value is -7.47. The molecule has 324 valence electrons. The predicted molar refractivity (Wildman–Crippen MR) is 269 cm³/mol. The molecule has 0 fully saturated rings. The normalized spacial score (nSPS) is 14.8. The SMILES string of the molecule is [2H]c1c([2H])c([2H])c2c(c1[2H])-c1cccc3c1B1N(c4[c-]cccc4N12)c1nc(Oc2[c-]c(-n4[c](=[Pt])n(-c5c(-c6ccccc6)cccc5-c5ccc(C(C)(C)C)cc5)c5ccccc54)ccc2C([2H])([2H])[2H])ccc1-3. The predicted octanol–water partition coefficient (Wildman–Crippen LogP) is 13.9. The van der Waals surface area contributed by atoms with Crippen LogP contribution in [0.25, 0.3) is 66.9 Å². The average molecular weight is 1050 g/mol. The van der Waals surface area contributed by atoms with Gasteiger partial charge < -0.3 is 0 Å². The van der Waals surface area contributed by atoms with Crippen molar-refractivity contribution in [3.8, 4) is 67.5 Å². The topological polar surface area (TPSA) is 38.5 Å². The van der Waals surface area contributed by atoms with Gasteiger partial charge in [-0.15, -0.1) is 6.07 Å². The van der Waals surface area contributed by atoms with Gasteiger partial charge in [0, 0.05) is 11.3 Å². The second-order valence-corrected chi connectivity index (χ2v) is 19.0. The van der Waals surface area contributed by atoms with E-state index in [1.54, 1.807) is 18.2 Å². The van der Waals surface area contributed by atoms with Crippen LogP contribution in [-0.2, 0) is 24.8 Å². The first kappa shape index (κ1) is 33.1. The first-order chi connectivity index (χ1) is 35.6. The van der Waals surface area contributed by atoms with Crippen LogP contribution in [0.3, 0.4) is 0 Å². The Morgan fingerprint density at radius 2 is 1.34 bits per heavy atom. The molecule has 8 aromatic carbocycles. The Labute approximate surface area is 411 Å². The molecule has 3 aliphatic heterocycles. The van der Waals surface area contributed by atoms with E-state index < -0.39 is 13.8 Å². The average Bonchev–Trinajstić information content (AvgIpc) is 3.90. The van der Waals surface area contributed by atoms with Crippen LogP contribution in [0.4, 0.5) is 22.9 Å². The third-order valence-electron chi connectivity index (χ3n) is 13.2. The molecule has 0 aliphatic carbocycles. The summed E-state index contributed by atoms with van der Waals surface area (Å²) < 4.78 is 73.7. The van der Waals surface area contributed by atoms with Crippen molar-refractivity contribution in [1.29, 1.82) is 0 Å². The van der Waals surface area contributed by atoms with E-state index in [0.29, 0.717) is 39.7 Å². The molecule has 10 aromatic rings. The van der Waals surface area contributed by atoms with Crippen molar-refractivity contribution in [3.05, 3.63) is 209 Å². The van der Waals surface area contributed by atoms with E-state index in [1.807, 2.05) is 70.3 Å². The molecule has 2 aromatic heterocycles. The molecule has 0 N–H and O–H groups in total. The fraction of sp³-hybridized carbons (Fsp3) is 0.0847. The molecule has 6 nitrogen and oxygen atoms in total. The Morgan fingerprint density at radius 3 is 2.10 bits per heavy atom. The Bertz CT molecular complexity index is 4080. The van der Waals surface area contributed by atoms with Crippen LogP contribution in [0, 0.1) is 22.8 Å². The minimum absolute atomic E-state index is 0.00393. The van der Waals surface area contributed by atoms with Crippen LogP contribution in [0.2, 0.25) is 0 Å². The summed E-state index contributed by atoms with van der Waals surface area (Å²) in [5.74, 6) is 0.653. The van der Waals surface area contributed by atoms with Gasteiger partial charge in [-0.1, -0.05) is 30.3 Å². The number of aryl methyl sites for hydroxylation is 1. The Kier molecular flexibility index (Phi) is 7.42. The number of benzene rings is 8. The van der Waals surface area contributed by atoms with E-state index in [0.717, 1.165) is 59.4 Å². The Morgan fingerprint density at radius 1 is 0.642 bits per heavy atom. The van der Waals surface area contributed by atoms with Gasteiger partial charge in [0.2, 0.25) is 0 Å². The second-order valence-electron chi connectivity index (χ2n) is 18.0. The molecule has 0 saturated carbocycles. The van der Waals surface area contributed by atoms with E-state index >= 15 is 0 Å². The van der Waals surface area contributed by atoms with E-state index in [-0.39, 0.29) is 46.8 Å². The fourth-order valence-corrected chi connectivity index (χ4v) is 11.2. The van der Waals surface area contributed by atoms with E-state index in [1.165, 1.54) is 5.56 Å². The number of imidazole rings is 1. The quantitative estimate of drug-likeness (QED) is 0.123. The van der Waals surface area contributed by atoms with Crippen molar-refractivity contribution in [2.24, 2.45) is 0 Å². The first-order valence-electron chi connectivity index (χ1n) is 25.7. The second kappa shape index (κ2) is 15.0. The third kappa shape index (κ3) is 6.07. The van der Waals surface area contributed by atoms with Gasteiger partial charge in [-0.3, -0.25) is 0 Å². The Balaban J connectivity index is 0.974. The molecule has 0 atom stereocenters. The number of fused-ring (bicyclic) bond motifs is 10. The third-order valence-corrected chi connectivity index (χ3v) is 14.2. The van der Waals surface area contributed by atoms with Crippen molar-refractivity contribution in [3.63, 3.8) is 0 Å². The number of hydrogen-bond donors (Lipinski definition) is 0. The molecule has 13 rings (SSSR count). The van der Waals surface area contributed by atoms with Crippen LogP contribution in [0.1, 0.15) is 41.5 Å². The molecule has 0 radical (unpaired) electrons. The molecule has 0 unspecified atom stereocenters. The molecular formula is C59H42BN5OPt-2. The summed E-state index contributed by atoms with van der Waals surface area (Å²) >= 11 is 2.37. The molecule has 0 amide bonds. The van der Waals surface area contributed by atoms with Gasteiger partial charge in [0.15, 0.2) is 0 Å². The summed E-state index contributed by atoms with van der Waals surface area (Å²) in [5.41, 5.74) is 14.2. The minimum atomic E-state index is -2.58. The number of aromatic nitrogens is 3. The van der Waals surface area contributed by atoms with E-state index in [4.69, 9.17) is 17.9 Å². The summed E-state index contributed by atoms with van der Waals surface area (Å²) in [4.78, 5) is 9.19. The van der Waals surface area contributed by atoms with Crippen LogP contribution >= 0.6 is 0 Å². The number of hydrogen-bond acceptors (Lipinski definition) is 4. The molecule has 67 heavy (non-hydrogen) atoms. The zero-order valence-corrected chi connectivity index (χ0v) is 38.8. The summed E-state index contributed by atoms with van der Waals surface area (Å²) in [7, 11) is 0. The summed E-state index contributed by atoms with van der Waals surface area (Å²) in [6, 6.07) is 58.2.